The molecular weight excluding hydrogens is 209 g/mol. The molecule has 0 radical (unpaired) electrons. The van der Waals surface area contributed by atoms with Crippen LogP contribution >= 0.6 is 0 Å². The van der Waals surface area contributed by atoms with Crippen LogP contribution in [0.5, 0.6) is 11.5 Å². The van der Waals surface area contributed by atoms with Crippen molar-refractivity contribution >= 4 is 0 Å². The van der Waals surface area contributed by atoms with E-state index in [1.165, 1.54) is 19.4 Å². The fourth-order valence-electron chi connectivity index (χ4n) is 1.41. The van der Waals surface area contributed by atoms with Crippen LogP contribution in [0.15, 0.2) is 36.5 Å². The number of methoxy groups -OCH3 is 1. The lowest BCUT2D eigenvalue weighted by molar-refractivity contribution is 0.378. The Kier molecular flexibility index (Phi) is 2.72. The van der Waals surface area contributed by atoms with Crippen molar-refractivity contribution in [2.45, 2.75) is 0 Å². The lowest BCUT2D eigenvalue weighted by atomic mass is 10.1. The number of ether oxygens (including phenoxy) is 1. The number of aromatic nitrogens is 1. The van der Waals surface area contributed by atoms with Crippen LogP contribution in [0.4, 0.5) is 4.39 Å². The average molecular weight is 219 g/mol. The summed E-state index contributed by atoms with van der Waals surface area (Å²) in [7, 11) is 1.38. The smallest absolute Gasteiger partial charge is 0.255 e. The quantitative estimate of drug-likeness (QED) is 0.789. The zero-order valence-corrected chi connectivity index (χ0v) is 8.64. The van der Waals surface area contributed by atoms with E-state index >= 15 is 0 Å². The number of benzene rings is 1. The lowest BCUT2D eigenvalue weighted by Crippen LogP contribution is -1.92. The summed E-state index contributed by atoms with van der Waals surface area (Å²) in [4.78, 5) is 3.58. The molecule has 0 fully saturated rings. The highest BCUT2D eigenvalue weighted by Crippen LogP contribution is 2.26. The van der Waals surface area contributed by atoms with Crippen LogP contribution in [0.2, 0.25) is 0 Å². The Morgan fingerprint density at radius 3 is 2.75 bits per heavy atom. The summed E-state index contributed by atoms with van der Waals surface area (Å²) >= 11 is 0. The van der Waals surface area contributed by atoms with Gasteiger partial charge in [-0.25, -0.2) is 4.98 Å². The van der Waals surface area contributed by atoms with Crippen molar-refractivity contribution in [3.63, 3.8) is 0 Å². The van der Waals surface area contributed by atoms with Crippen molar-refractivity contribution < 1.29 is 14.2 Å². The zero-order chi connectivity index (χ0) is 11.5. The second kappa shape index (κ2) is 4.18. The normalized spacial score (nSPS) is 10.1. The molecule has 0 aliphatic rings. The summed E-state index contributed by atoms with van der Waals surface area (Å²) in [5.74, 6) is -0.409. The number of hydrogen-bond acceptors (Lipinski definition) is 3. The van der Waals surface area contributed by atoms with Crippen molar-refractivity contribution in [3.05, 3.63) is 42.5 Å². The van der Waals surface area contributed by atoms with Crippen LogP contribution in [-0.4, -0.2) is 17.2 Å². The van der Waals surface area contributed by atoms with Gasteiger partial charge in [-0.15, -0.1) is 0 Å². The molecule has 2 aromatic rings. The molecule has 4 heteroatoms. The third kappa shape index (κ3) is 1.95. The molecule has 0 aliphatic carbocycles. The molecule has 0 unspecified atom stereocenters. The molecule has 1 aromatic carbocycles. The number of hydrogen-bond donors (Lipinski definition) is 1. The third-order valence-corrected chi connectivity index (χ3v) is 2.21. The average Bonchev–Trinajstić information content (AvgIpc) is 2.29. The van der Waals surface area contributed by atoms with Gasteiger partial charge < -0.3 is 9.84 Å². The van der Waals surface area contributed by atoms with Crippen molar-refractivity contribution in [2.24, 2.45) is 0 Å². The summed E-state index contributed by atoms with van der Waals surface area (Å²) in [6.07, 6.45) is 1.40. The van der Waals surface area contributed by atoms with Gasteiger partial charge in [0, 0.05) is 11.8 Å². The van der Waals surface area contributed by atoms with Gasteiger partial charge in [-0.3, -0.25) is 0 Å². The second-order valence-electron chi connectivity index (χ2n) is 3.27. The van der Waals surface area contributed by atoms with Gasteiger partial charge in [-0.1, -0.05) is 12.1 Å². The first kappa shape index (κ1) is 10.4. The predicted molar refractivity (Wildman–Crippen MR) is 57.8 cm³/mol. The molecule has 16 heavy (non-hydrogen) atoms. The Hall–Kier alpha value is -2.10. The van der Waals surface area contributed by atoms with Crippen LogP contribution < -0.4 is 4.74 Å². The van der Waals surface area contributed by atoms with Gasteiger partial charge in [0.2, 0.25) is 0 Å². The topological polar surface area (TPSA) is 42.4 Å². The lowest BCUT2D eigenvalue weighted by Gasteiger charge is -2.05. The van der Waals surface area contributed by atoms with Crippen LogP contribution in [0.3, 0.4) is 0 Å². The summed E-state index contributed by atoms with van der Waals surface area (Å²) in [5.41, 5.74) is 1.44. The zero-order valence-electron chi connectivity index (χ0n) is 8.64. The Morgan fingerprint density at radius 2 is 2.06 bits per heavy atom. The van der Waals surface area contributed by atoms with Gasteiger partial charge in [0.05, 0.1) is 7.11 Å². The first-order valence-electron chi connectivity index (χ1n) is 4.69. The molecule has 2 rings (SSSR count). The largest absolute Gasteiger partial charge is 0.508 e. The van der Waals surface area contributed by atoms with Crippen molar-refractivity contribution in [2.75, 3.05) is 7.11 Å². The number of phenolic OH excluding ortho intramolecular Hbond substituents is 1. The molecule has 0 amide bonds. The minimum atomic E-state index is -0.647. The number of nitrogens with zero attached hydrogens (tertiary/aromatic N) is 1. The van der Waals surface area contributed by atoms with Gasteiger partial charge in [0.1, 0.15) is 5.75 Å². The molecule has 0 spiro atoms. The first-order chi connectivity index (χ1) is 7.70. The summed E-state index contributed by atoms with van der Waals surface area (Å²) in [6.45, 7) is 0. The van der Waals surface area contributed by atoms with E-state index < -0.39 is 5.95 Å². The highest BCUT2D eigenvalue weighted by Gasteiger charge is 2.06. The molecule has 0 saturated carbocycles. The maximum atomic E-state index is 13.1. The van der Waals surface area contributed by atoms with Gasteiger partial charge in [-0.2, -0.15) is 4.39 Å². The fourth-order valence-corrected chi connectivity index (χ4v) is 1.41. The Bertz CT molecular complexity index is 514. The number of pyridine rings is 1. The molecule has 0 atom stereocenters. The highest BCUT2D eigenvalue weighted by molar-refractivity contribution is 5.65. The number of rotatable bonds is 2. The number of halogens is 1. The maximum Gasteiger partial charge on any atom is 0.255 e. The summed E-state index contributed by atoms with van der Waals surface area (Å²) in [6, 6.07) is 8.19. The van der Waals surface area contributed by atoms with Crippen LogP contribution in [0.25, 0.3) is 11.1 Å². The van der Waals surface area contributed by atoms with E-state index in [0.717, 1.165) is 5.56 Å². The molecule has 82 valence electrons. The van der Waals surface area contributed by atoms with Gasteiger partial charge in [0.15, 0.2) is 5.75 Å². The Labute approximate surface area is 92.1 Å². The van der Waals surface area contributed by atoms with E-state index in [2.05, 4.69) is 4.98 Å². The van der Waals surface area contributed by atoms with Crippen LogP contribution in [0.1, 0.15) is 0 Å². The van der Waals surface area contributed by atoms with Crippen LogP contribution in [0, 0.1) is 5.95 Å². The van der Waals surface area contributed by atoms with E-state index in [1.54, 1.807) is 24.3 Å². The predicted octanol–water partition coefficient (Wildman–Crippen LogP) is 2.60. The maximum absolute atomic E-state index is 13.1. The van der Waals surface area contributed by atoms with E-state index in [0.29, 0.717) is 5.56 Å². The van der Waals surface area contributed by atoms with Crippen molar-refractivity contribution in [1.82, 2.24) is 4.98 Å². The minimum absolute atomic E-state index is 0.0841. The van der Waals surface area contributed by atoms with Crippen molar-refractivity contribution in [3.8, 4) is 22.6 Å². The Morgan fingerprint density at radius 1 is 1.25 bits per heavy atom. The molecular formula is C12H10FNO2. The van der Waals surface area contributed by atoms with E-state index in [9.17, 15) is 9.50 Å². The van der Waals surface area contributed by atoms with Gasteiger partial charge in [-0.05, 0) is 23.8 Å². The number of phenols is 1. The Balaban J connectivity index is 2.48. The molecule has 0 bridgehead atoms. The first-order valence-corrected chi connectivity index (χ1v) is 4.69. The van der Waals surface area contributed by atoms with E-state index in [4.69, 9.17) is 4.74 Å². The number of aromatic hydroxyl groups is 1. The second-order valence-corrected chi connectivity index (χ2v) is 3.27. The standard InChI is InChI=1S/C12H10FNO2/c1-16-11-6-9(7-14-12(11)13)8-3-2-4-10(15)5-8/h2-7,15H,1H3. The van der Waals surface area contributed by atoms with Crippen molar-refractivity contribution in [1.29, 1.82) is 0 Å². The van der Waals surface area contributed by atoms with Crippen LogP contribution in [-0.2, 0) is 0 Å². The summed E-state index contributed by atoms with van der Waals surface area (Å²) in [5, 5.41) is 9.33. The molecule has 1 N–H and O–H groups in total. The minimum Gasteiger partial charge on any atom is -0.508 e. The van der Waals surface area contributed by atoms with E-state index in [1.807, 2.05) is 0 Å². The molecule has 1 heterocycles. The SMILES string of the molecule is COc1cc(-c2cccc(O)c2)cnc1F. The molecule has 0 saturated heterocycles. The van der Waals surface area contributed by atoms with Gasteiger partial charge >= 0.3 is 0 Å². The third-order valence-electron chi connectivity index (χ3n) is 2.21. The monoisotopic (exact) mass is 219 g/mol. The highest BCUT2D eigenvalue weighted by atomic mass is 19.1. The fraction of sp³-hybridized carbons (Fsp3) is 0.0833. The van der Waals surface area contributed by atoms with Gasteiger partial charge in [0.25, 0.3) is 5.95 Å². The molecule has 0 aliphatic heterocycles. The molecule has 3 nitrogen and oxygen atoms in total. The van der Waals surface area contributed by atoms with E-state index in [-0.39, 0.29) is 11.5 Å². The summed E-state index contributed by atoms with van der Waals surface area (Å²) < 4.78 is 17.9. The molecule has 1 aromatic heterocycles.